The molecule has 4 aromatic carbocycles. The zero-order chi connectivity index (χ0) is 40.8. The van der Waals surface area contributed by atoms with Gasteiger partial charge in [-0.3, -0.25) is 0 Å². The first-order chi connectivity index (χ1) is 27.4. The van der Waals surface area contributed by atoms with E-state index in [2.05, 4.69) is 186 Å². The Morgan fingerprint density at radius 2 is 1.07 bits per heavy atom. The molecule has 0 saturated carbocycles. The molecule has 0 aliphatic carbocycles. The smallest absolute Gasteiger partial charge is 0.261 e. The zero-order valence-electron chi connectivity index (χ0n) is 35.8. The zero-order valence-corrected chi connectivity index (χ0v) is 39.5. The first kappa shape index (κ1) is 45.9. The molecule has 1 heterocycles. The number of benzene rings is 4. The van der Waals surface area contributed by atoms with Crippen molar-refractivity contribution in [3.8, 4) is 0 Å². The summed E-state index contributed by atoms with van der Waals surface area (Å²) in [4.78, 5) is 0. The van der Waals surface area contributed by atoms with Crippen LogP contribution in [0.2, 0.25) is 10.1 Å². The monoisotopic (exact) mass is 844 g/mol. The summed E-state index contributed by atoms with van der Waals surface area (Å²) < 4.78 is 33.5. The van der Waals surface area contributed by atoms with Gasteiger partial charge in [0, 0.05) is 26.7 Å². The van der Waals surface area contributed by atoms with Crippen LogP contribution < -0.4 is 20.7 Å². The van der Waals surface area contributed by atoms with Crippen LogP contribution in [0.15, 0.2) is 121 Å². The molecule has 0 aromatic heterocycles. The minimum absolute atomic E-state index is 0.00456. The Bertz CT molecular complexity index is 1630. The van der Waals surface area contributed by atoms with Crippen molar-refractivity contribution >= 4 is 60.9 Å². The predicted octanol–water partition coefficient (Wildman–Crippen LogP) is 9.66. The van der Waals surface area contributed by atoms with E-state index in [1.165, 1.54) is 38.7 Å². The van der Waals surface area contributed by atoms with Gasteiger partial charge < -0.3 is 23.1 Å². The molecule has 2 atom stereocenters. The summed E-state index contributed by atoms with van der Waals surface area (Å²) >= 11 is 4.25. The van der Waals surface area contributed by atoms with E-state index in [4.69, 9.17) is 23.1 Å². The summed E-state index contributed by atoms with van der Waals surface area (Å²) in [7, 11) is -3.49. The average Bonchev–Trinajstić information content (AvgIpc) is 3.21. The van der Waals surface area contributed by atoms with Crippen molar-refractivity contribution in [3.63, 3.8) is 0 Å². The molecule has 4 aromatic rings. The van der Waals surface area contributed by atoms with Gasteiger partial charge >= 0.3 is 0 Å². The largest absolute Gasteiger partial charge is 0.407 e. The van der Waals surface area contributed by atoms with E-state index in [0.717, 1.165) is 32.3 Å². The van der Waals surface area contributed by atoms with Gasteiger partial charge in [0.15, 0.2) is 0 Å². The van der Waals surface area contributed by atoms with E-state index in [-0.39, 0.29) is 33.2 Å². The van der Waals surface area contributed by atoms with Gasteiger partial charge in [-0.15, -0.1) is 23.5 Å². The van der Waals surface area contributed by atoms with Crippen LogP contribution in [0.4, 0.5) is 0 Å². The fraction of sp³-hybridized carbons (Fsp3) is 0.500. The van der Waals surface area contributed by atoms with Crippen molar-refractivity contribution < 1.29 is 23.1 Å². The molecule has 1 aliphatic heterocycles. The van der Waals surface area contributed by atoms with E-state index in [0.29, 0.717) is 13.2 Å². The van der Waals surface area contributed by atoms with Crippen LogP contribution in [-0.2, 0) is 23.1 Å². The Morgan fingerprint density at radius 3 is 1.47 bits per heavy atom. The highest BCUT2D eigenvalue weighted by Gasteiger charge is 2.52. The number of methoxy groups -OCH3 is 1. The number of ether oxygens (including phenoxy) is 3. The van der Waals surface area contributed by atoms with E-state index >= 15 is 0 Å². The minimum atomic E-state index is -2.76. The topological polar surface area (TPSA) is 46.2 Å². The SMILES string of the molecule is CCOCO[C@H](CO[Si](c1ccccc1)(c1ccccc1)C(C)(C)C)C[C@@H](CC1(CCCO[Si](c2ccccc2)(c2ccccc2)C(C)(C)C)SCCCS1)OC. The molecule has 0 unspecified atom stereocenters. The van der Waals surface area contributed by atoms with Crippen LogP contribution in [0, 0.1) is 0 Å². The van der Waals surface area contributed by atoms with Crippen LogP contribution >= 0.6 is 23.5 Å². The lowest BCUT2D eigenvalue weighted by Gasteiger charge is -2.44. The standard InChI is InChI=1S/C48H68O5S2Si2/c1-9-50-39-51-41(38-53-57(47(5,6)7,44-28-18-12-19-29-44)45-30-20-13-21-31-45)36-40(49-8)37-48(54-34-23-35-55-48)32-22-33-52-56(46(2,3)4,42-24-14-10-15-25-42)43-26-16-11-17-27-43/h10-21,24-31,40-41H,9,22-23,32-39H2,1-8H3/t40-,41-/m0/s1. The van der Waals surface area contributed by atoms with Crippen molar-refractivity contribution in [1.29, 1.82) is 0 Å². The first-order valence-corrected chi connectivity index (χ1v) is 26.7. The second-order valence-electron chi connectivity index (χ2n) is 17.2. The van der Waals surface area contributed by atoms with Crippen LogP contribution in [0.1, 0.15) is 80.6 Å². The van der Waals surface area contributed by atoms with Crippen LogP contribution in [0.3, 0.4) is 0 Å². The van der Waals surface area contributed by atoms with Crippen LogP contribution in [0.25, 0.3) is 0 Å². The molecule has 0 N–H and O–H groups in total. The second-order valence-corrected chi connectivity index (χ2v) is 29.1. The summed E-state index contributed by atoms with van der Waals surface area (Å²) in [5.74, 6) is 2.33. The minimum Gasteiger partial charge on any atom is -0.407 e. The Balaban J connectivity index is 1.35. The third kappa shape index (κ3) is 11.4. The molecule has 9 heteroatoms. The van der Waals surface area contributed by atoms with Crippen molar-refractivity contribution in [2.45, 2.75) is 107 Å². The third-order valence-corrected chi connectivity index (χ3v) is 24.9. The van der Waals surface area contributed by atoms with Gasteiger partial charge in [-0.25, -0.2) is 0 Å². The second kappa shape index (κ2) is 21.4. The van der Waals surface area contributed by atoms with Gasteiger partial charge in [-0.05, 0) is 74.9 Å². The van der Waals surface area contributed by atoms with Crippen LogP contribution in [-0.4, -0.2) is 78.2 Å². The maximum Gasteiger partial charge on any atom is 0.261 e. The summed E-state index contributed by atoms with van der Waals surface area (Å²) in [6.45, 7) is 18.1. The predicted molar refractivity (Wildman–Crippen MR) is 250 cm³/mol. The molecular weight excluding hydrogens is 777 g/mol. The van der Waals surface area contributed by atoms with E-state index in [9.17, 15) is 0 Å². The van der Waals surface area contributed by atoms with Gasteiger partial charge in [0.2, 0.25) is 0 Å². The van der Waals surface area contributed by atoms with Gasteiger partial charge in [0.25, 0.3) is 16.6 Å². The maximum absolute atomic E-state index is 7.41. The summed E-state index contributed by atoms with van der Waals surface area (Å²) in [6, 6.07) is 43.7. The Morgan fingerprint density at radius 1 is 0.632 bits per heavy atom. The molecule has 0 amide bonds. The molecule has 1 fully saturated rings. The Kier molecular flexibility index (Phi) is 17.2. The molecule has 1 aliphatic rings. The Labute approximate surface area is 355 Å². The fourth-order valence-electron chi connectivity index (χ4n) is 8.60. The first-order valence-electron chi connectivity index (χ1n) is 20.9. The highest BCUT2D eigenvalue weighted by Crippen LogP contribution is 2.50. The molecule has 310 valence electrons. The molecule has 1 saturated heterocycles. The van der Waals surface area contributed by atoms with Crippen molar-refractivity contribution in [1.82, 2.24) is 0 Å². The number of hydrogen-bond donors (Lipinski definition) is 0. The molecule has 0 spiro atoms. The molecule has 0 radical (unpaired) electrons. The van der Waals surface area contributed by atoms with Gasteiger partial charge in [0.05, 0.1) is 22.9 Å². The molecule has 5 rings (SSSR count). The van der Waals surface area contributed by atoms with Gasteiger partial charge in [-0.2, -0.15) is 0 Å². The number of thioether (sulfide) groups is 2. The van der Waals surface area contributed by atoms with Crippen LogP contribution in [0.5, 0.6) is 0 Å². The highest BCUT2D eigenvalue weighted by molar-refractivity contribution is 8.18. The average molecular weight is 845 g/mol. The summed E-state index contributed by atoms with van der Waals surface area (Å²) in [5.41, 5.74) is 0. The molecule has 5 nitrogen and oxygen atoms in total. The number of rotatable bonds is 21. The van der Waals surface area contributed by atoms with E-state index < -0.39 is 16.6 Å². The highest BCUT2D eigenvalue weighted by atomic mass is 32.2. The summed E-state index contributed by atoms with van der Waals surface area (Å²) in [5, 5.41) is 5.03. The quantitative estimate of drug-likeness (QED) is 0.0471. The van der Waals surface area contributed by atoms with Gasteiger partial charge in [0.1, 0.15) is 6.79 Å². The third-order valence-electron chi connectivity index (χ3n) is 11.3. The number of hydrogen-bond acceptors (Lipinski definition) is 7. The fourth-order valence-corrected chi connectivity index (χ4v) is 21.3. The lowest BCUT2D eigenvalue weighted by molar-refractivity contribution is -0.111. The Hall–Kier alpha value is -2.19. The van der Waals surface area contributed by atoms with Gasteiger partial charge in [-0.1, -0.05) is 163 Å². The molecular formula is C48H68O5S2Si2. The lowest BCUT2D eigenvalue weighted by Crippen LogP contribution is -2.67. The van der Waals surface area contributed by atoms with Crippen molar-refractivity contribution in [3.05, 3.63) is 121 Å². The summed E-state index contributed by atoms with van der Waals surface area (Å²) in [6.07, 6.45) is 4.74. The van der Waals surface area contributed by atoms with Crippen molar-refractivity contribution in [2.24, 2.45) is 0 Å². The molecule has 57 heavy (non-hydrogen) atoms. The maximum atomic E-state index is 7.41. The van der Waals surface area contributed by atoms with Crippen molar-refractivity contribution in [2.75, 3.05) is 45.2 Å². The van der Waals surface area contributed by atoms with E-state index in [1.54, 1.807) is 0 Å². The lowest BCUT2D eigenvalue weighted by atomic mass is 10.0. The molecule has 0 bridgehead atoms. The normalized spacial score (nSPS) is 16.3. The van der Waals surface area contributed by atoms with E-state index in [1.807, 2.05) is 14.0 Å².